The van der Waals surface area contributed by atoms with E-state index in [-0.39, 0.29) is 18.3 Å². The predicted octanol–water partition coefficient (Wildman–Crippen LogP) is 5.62. The number of hydrogen-bond donors (Lipinski definition) is 1. The average molecular weight is 475 g/mol. The first kappa shape index (κ1) is 30.7. The number of hydrogen-bond acceptors (Lipinski definition) is 7. The van der Waals surface area contributed by atoms with Crippen molar-refractivity contribution in [3.63, 3.8) is 0 Å². The summed E-state index contributed by atoms with van der Waals surface area (Å²) in [4.78, 5) is 11.2. The second-order valence-corrected chi connectivity index (χ2v) is 9.66. The molecule has 0 aliphatic heterocycles. The second-order valence-electron chi connectivity index (χ2n) is 7.91. The molecule has 32 heavy (non-hydrogen) atoms. The molecule has 0 aliphatic rings. The summed E-state index contributed by atoms with van der Waals surface area (Å²) in [5, 5.41) is 0. The van der Waals surface area contributed by atoms with Crippen LogP contribution in [0.15, 0.2) is 38.5 Å². The standard InChI is InChI=1S/C24H46O7Si/c1-7-26-19-13-10-16-22(4)29-32(25,30-23(5)17-11-14-20-27-8-2)31-24(6)18-12-15-21-28-9-3/h7-9,22-25H,1-3,10-21H2,4-6H3. The van der Waals surface area contributed by atoms with Crippen molar-refractivity contribution in [3.8, 4) is 0 Å². The molecule has 0 heterocycles. The van der Waals surface area contributed by atoms with Gasteiger partial charge in [-0.1, -0.05) is 19.7 Å². The second kappa shape index (κ2) is 20.3. The summed E-state index contributed by atoms with van der Waals surface area (Å²) in [5.41, 5.74) is 0. The lowest BCUT2D eigenvalue weighted by molar-refractivity contribution is -0.0676. The van der Waals surface area contributed by atoms with E-state index in [1.54, 1.807) is 0 Å². The topological polar surface area (TPSA) is 75.6 Å². The van der Waals surface area contributed by atoms with Crippen molar-refractivity contribution in [2.75, 3.05) is 19.8 Å². The van der Waals surface area contributed by atoms with E-state index >= 15 is 0 Å². The van der Waals surface area contributed by atoms with E-state index in [4.69, 9.17) is 27.5 Å². The van der Waals surface area contributed by atoms with Crippen molar-refractivity contribution in [2.45, 2.75) is 96.9 Å². The van der Waals surface area contributed by atoms with Gasteiger partial charge in [-0.3, -0.25) is 0 Å². The maximum Gasteiger partial charge on any atom is 0.677 e. The molecule has 3 atom stereocenters. The van der Waals surface area contributed by atoms with Crippen LogP contribution < -0.4 is 0 Å². The molecular weight excluding hydrogens is 428 g/mol. The highest BCUT2D eigenvalue weighted by atomic mass is 28.4. The fourth-order valence-corrected chi connectivity index (χ4v) is 5.17. The summed E-state index contributed by atoms with van der Waals surface area (Å²) in [5.74, 6) is 0. The molecule has 0 fully saturated rings. The lowest BCUT2D eigenvalue weighted by Crippen LogP contribution is -2.52. The van der Waals surface area contributed by atoms with Gasteiger partial charge >= 0.3 is 9.05 Å². The first-order valence-corrected chi connectivity index (χ1v) is 13.5. The highest BCUT2D eigenvalue weighted by Gasteiger charge is 2.45. The summed E-state index contributed by atoms with van der Waals surface area (Å²) in [7, 11) is -3.81. The average Bonchev–Trinajstić information content (AvgIpc) is 2.72. The third kappa shape index (κ3) is 18.3. The minimum atomic E-state index is -3.81. The first-order valence-electron chi connectivity index (χ1n) is 11.8. The minimum Gasteiger partial charge on any atom is -0.502 e. The molecule has 0 radical (unpaired) electrons. The zero-order chi connectivity index (χ0) is 24.1. The Morgan fingerprint density at radius 1 is 0.594 bits per heavy atom. The van der Waals surface area contributed by atoms with Gasteiger partial charge < -0.3 is 32.3 Å². The lowest BCUT2D eigenvalue weighted by atomic mass is 10.2. The Labute approximate surface area is 196 Å². The van der Waals surface area contributed by atoms with Gasteiger partial charge in [0.05, 0.1) is 38.6 Å². The van der Waals surface area contributed by atoms with Crippen molar-refractivity contribution < 1.29 is 32.3 Å². The number of unbranched alkanes of at least 4 members (excludes halogenated alkanes) is 3. The third-order valence-corrected chi connectivity index (χ3v) is 6.87. The summed E-state index contributed by atoms with van der Waals surface area (Å²) in [6, 6.07) is 0. The monoisotopic (exact) mass is 474 g/mol. The lowest BCUT2D eigenvalue weighted by Gasteiger charge is -2.31. The van der Waals surface area contributed by atoms with Gasteiger partial charge in [0.25, 0.3) is 0 Å². The molecule has 0 aliphatic carbocycles. The van der Waals surface area contributed by atoms with E-state index < -0.39 is 9.05 Å². The molecule has 0 rings (SSSR count). The van der Waals surface area contributed by atoms with Crippen LogP contribution in [0.1, 0.15) is 78.6 Å². The van der Waals surface area contributed by atoms with Gasteiger partial charge in [0, 0.05) is 18.3 Å². The maximum absolute atomic E-state index is 11.2. The van der Waals surface area contributed by atoms with Crippen molar-refractivity contribution in [2.24, 2.45) is 0 Å². The Bertz CT molecular complexity index is 411. The molecule has 0 aromatic heterocycles. The van der Waals surface area contributed by atoms with E-state index in [0.29, 0.717) is 19.8 Å². The smallest absolute Gasteiger partial charge is 0.502 e. The molecule has 1 N–H and O–H groups in total. The predicted molar refractivity (Wildman–Crippen MR) is 130 cm³/mol. The summed E-state index contributed by atoms with van der Waals surface area (Å²) in [6.07, 6.45) is 11.6. The Kier molecular flexibility index (Phi) is 19.5. The molecule has 0 amide bonds. The van der Waals surface area contributed by atoms with Gasteiger partial charge in [-0.05, 0) is 78.6 Å². The maximum atomic E-state index is 11.2. The molecule has 3 unspecified atom stereocenters. The van der Waals surface area contributed by atoms with Crippen LogP contribution in [0.2, 0.25) is 0 Å². The van der Waals surface area contributed by atoms with Crippen LogP contribution in [0.25, 0.3) is 0 Å². The van der Waals surface area contributed by atoms with Crippen LogP contribution in [-0.4, -0.2) is 52.0 Å². The van der Waals surface area contributed by atoms with E-state index in [2.05, 4.69) is 19.7 Å². The van der Waals surface area contributed by atoms with E-state index in [9.17, 15) is 4.80 Å². The molecule has 0 saturated carbocycles. The Hall–Kier alpha value is -1.32. The van der Waals surface area contributed by atoms with Crippen LogP contribution in [-0.2, 0) is 27.5 Å². The molecule has 0 bridgehead atoms. The normalized spacial score (nSPS) is 15.8. The first-order chi connectivity index (χ1) is 15.4. The van der Waals surface area contributed by atoms with Gasteiger partial charge in [-0.2, -0.15) is 0 Å². The van der Waals surface area contributed by atoms with Crippen LogP contribution >= 0.6 is 0 Å². The van der Waals surface area contributed by atoms with E-state index in [0.717, 1.165) is 57.8 Å². The van der Waals surface area contributed by atoms with Gasteiger partial charge in [-0.25, -0.2) is 0 Å². The molecular formula is C24H46O7Si. The Morgan fingerprint density at radius 3 is 1.12 bits per heavy atom. The summed E-state index contributed by atoms with van der Waals surface area (Å²) >= 11 is 0. The van der Waals surface area contributed by atoms with Gasteiger partial charge in [-0.15, -0.1) is 0 Å². The number of rotatable bonds is 24. The Balaban J connectivity index is 4.66. The van der Waals surface area contributed by atoms with Crippen molar-refractivity contribution in [1.29, 1.82) is 0 Å². The molecule has 0 saturated heterocycles. The van der Waals surface area contributed by atoms with Crippen LogP contribution in [0.5, 0.6) is 0 Å². The zero-order valence-electron chi connectivity index (χ0n) is 20.5. The van der Waals surface area contributed by atoms with Gasteiger partial charge in [0.15, 0.2) is 0 Å². The molecule has 0 aromatic carbocycles. The van der Waals surface area contributed by atoms with Gasteiger partial charge in [0.2, 0.25) is 0 Å². The van der Waals surface area contributed by atoms with Crippen LogP contribution in [0.3, 0.4) is 0 Å². The van der Waals surface area contributed by atoms with Crippen LogP contribution in [0.4, 0.5) is 0 Å². The summed E-state index contributed by atoms with van der Waals surface area (Å²) in [6.45, 7) is 18.3. The molecule has 8 heteroatoms. The van der Waals surface area contributed by atoms with E-state index in [1.807, 2.05) is 20.8 Å². The van der Waals surface area contributed by atoms with Crippen molar-refractivity contribution in [1.82, 2.24) is 0 Å². The third-order valence-electron chi connectivity index (χ3n) is 4.77. The fourth-order valence-electron chi connectivity index (χ4n) is 3.12. The van der Waals surface area contributed by atoms with Crippen LogP contribution in [0, 0.1) is 0 Å². The molecule has 0 aromatic rings. The highest BCUT2D eigenvalue weighted by Crippen LogP contribution is 2.21. The quantitative estimate of drug-likeness (QED) is 0.110. The minimum absolute atomic E-state index is 0.184. The van der Waals surface area contributed by atoms with Crippen molar-refractivity contribution >= 4 is 9.05 Å². The number of ether oxygens (including phenoxy) is 3. The molecule has 7 nitrogen and oxygen atoms in total. The van der Waals surface area contributed by atoms with Crippen molar-refractivity contribution in [3.05, 3.63) is 38.5 Å². The van der Waals surface area contributed by atoms with Gasteiger partial charge in [0.1, 0.15) is 0 Å². The largest absolute Gasteiger partial charge is 0.677 e. The Morgan fingerprint density at radius 2 is 0.875 bits per heavy atom. The van der Waals surface area contributed by atoms with E-state index in [1.165, 1.54) is 18.8 Å². The summed E-state index contributed by atoms with van der Waals surface area (Å²) < 4.78 is 33.4. The highest BCUT2D eigenvalue weighted by molar-refractivity contribution is 6.52. The SMILES string of the molecule is C=COCCCCC(C)O[Si](O)(OC(C)CCCCOC=C)OC(C)CCCCOC=C. The molecule has 0 spiro atoms. The zero-order valence-corrected chi connectivity index (χ0v) is 21.5. The fraction of sp³-hybridized carbons (Fsp3) is 0.750. The molecule has 188 valence electrons.